The van der Waals surface area contributed by atoms with Crippen molar-refractivity contribution in [2.75, 3.05) is 17.2 Å². The Morgan fingerprint density at radius 2 is 2.00 bits per heavy atom. The lowest BCUT2D eigenvalue weighted by molar-refractivity contribution is 0.359. The Kier molecular flexibility index (Phi) is 3.25. The number of nitrogens with two attached hydrogens (primary N) is 1. The molecule has 0 aliphatic carbocycles. The van der Waals surface area contributed by atoms with Crippen LogP contribution in [0.3, 0.4) is 0 Å². The van der Waals surface area contributed by atoms with Crippen molar-refractivity contribution in [3.05, 3.63) is 18.5 Å². The van der Waals surface area contributed by atoms with E-state index in [4.69, 9.17) is 5.73 Å². The van der Waals surface area contributed by atoms with Crippen LogP contribution in [0.5, 0.6) is 0 Å². The highest BCUT2D eigenvalue weighted by Gasteiger charge is 2.27. The first-order valence-corrected chi connectivity index (χ1v) is 6.93. The summed E-state index contributed by atoms with van der Waals surface area (Å²) in [5.74, 6) is 1.95. The molecular formula is C13H19N7. The number of nitrogen functional groups attached to an aromatic ring is 1. The molecule has 1 fully saturated rings. The summed E-state index contributed by atoms with van der Waals surface area (Å²) in [5.41, 5.74) is 5.82. The Labute approximate surface area is 117 Å². The third kappa shape index (κ3) is 2.31. The summed E-state index contributed by atoms with van der Waals surface area (Å²) >= 11 is 0. The molecule has 7 nitrogen and oxygen atoms in total. The molecule has 0 radical (unpaired) electrons. The van der Waals surface area contributed by atoms with Crippen molar-refractivity contribution in [3.8, 4) is 5.95 Å². The summed E-state index contributed by atoms with van der Waals surface area (Å²) in [6.07, 6.45) is 5.87. The summed E-state index contributed by atoms with van der Waals surface area (Å²) in [7, 11) is 0. The van der Waals surface area contributed by atoms with Crippen molar-refractivity contribution in [2.24, 2.45) is 5.92 Å². The van der Waals surface area contributed by atoms with E-state index in [1.807, 2.05) is 6.07 Å². The molecule has 0 aromatic carbocycles. The van der Waals surface area contributed by atoms with E-state index in [0.717, 1.165) is 13.0 Å². The minimum Gasteiger partial charge on any atom is -0.368 e. The summed E-state index contributed by atoms with van der Waals surface area (Å²) in [6, 6.07) is 2.22. The van der Waals surface area contributed by atoms with Gasteiger partial charge >= 0.3 is 0 Å². The van der Waals surface area contributed by atoms with Gasteiger partial charge in [-0.05, 0) is 31.7 Å². The van der Waals surface area contributed by atoms with Gasteiger partial charge in [-0.1, -0.05) is 6.92 Å². The Bertz CT molecular complexity index is 580. The molecule has 3 rings (SSSR count). The lowest BCUT2D eigenvalue weighted by Gasteiger charge is -2.37. The van der Waals surface area contributed by atoms with Crippen molar-refractivity contribution >= 4 is 11.9 Å². The third-order valence-corrected chi connectivity index (χ3v) is 3.97. The molecule has 1 aliphatic heterocycles. The summed E-state index contributed by atoms with van der Waals surface area (Å²) in [5, 5.41) is 4.14. The molecule has 0 bridgehead atoms. The Morgan fingerprint density at radius 1 is 1.20 bits per heavy atom. The topological polar surface area (TPSA) is 85.8 Å². The summed E-state index contributed by atoms with van der Waals surface area (Å²) < 4.78 is 1.60. The van der Waals surface area contributed by atoms with Crippen molar-refractivity contribution in [3.63, 3.8) is 0 Å². The number of hydrogen-bond donors (Lipinski definition) is 1. The van der Waals surface area contributed by atoms with E-state index in [9.17, 15) is 0 Å². The van der Waals surface area contributed by atoms with Gasteiger partial charge in [0, 0.05) is 25.0 Å². The predicted molar refractivity (Wildman–Crippen MR) is 76.6 cm³/mol. The smallest absolute Gasteiger partial charge is 0.257 e. The van der Waals surface area contributed by atoms with Crippen LogP contribution in [0.1, 0.15) is 26.7 Å². The first-order chi connectivity index (χ1) is 9.65. The van der Waals surface area contributed by atoms with Crippen LogP contribution in [0, 0.1) is 5.92 Å². The summed E-state index contributed by atoms with van der Waals surface area (Å²) in [4.78, 5) is 15.2. The van der Waals surface area contributed by atoms with Crippen LogP contribution in [0.4, 0.5) is 11.9 Å². The molecule has 1 aliphatic rings. The van der Waals surface area contributed by atoms with Crippen molar-refractivity contribution in [1.29, 1.82) is 0 Å². The second-order valence-electron chi connectivity index (χ2n) is 5.30. The van der Waals surface area contributed by atoms with Crippen LogP contribution in [0.25, 0.3) is 5.95 Å². The number of anilines is 2. The molecular weight excluding hydrogens is 254 g/mol. The molecule has 2 unspecified atom stereocenters. The standard InChI is InChI=1S/C13H19N7/c1-9-5-3-7-19(10(9)2)12-16-11(14)17-13(18-12)20-8-4-6-15-20/h4,6,8-10H,3,5,7H2,1-2H3,(H2,14,16,17,18). The molecule has 1 saturated heterocycles. The highest BCUT2D eigenvalue weighted by atomic mass is 15.4. The molecule has 106 valence electrons. The van der Waals surface area contributed by atoms with E-state index in [1.54, 1.807) is 17.1 Å². The minimum absolute atomic E-state index is 0.228. The van der Waals surface area contributed by atoms with Crippen LogP contribution in [0.2, 0.25) is 0 Å². The zero-order valence-electron chi connectivity index (χ0n) is 11.8. The molecule has 2 aromatic heterocycles. The van der Waals surface area contributed by atoms with Crippen LogP contribution in [-0.2, 0) is 0 Å². The second-order valence-corrected chi connectivity index (χ2v) is 5.30. The van der Waals surface area contributed by atoms with Gasteiger partial charge in [-0.3, -0.25) is 0 Å². The van der Waals surface area contributed by atoms with Crippen molar-refractivity contribution in [1.82, 2.24) is 24.7 Å². The number of piperidine rings is 1. The fraction of sp³-hybridized carbons (Fsp3) is 0.538. The lowest BCUT2D eigenvalue weighted by Crippen LogP contribution is -2.43. The van der Waals surface area contributed by atoms with Gasteiger partial charge in [0.1, 0.15) is 0 Å². The molecule has 0 amide bonds. The predicted octanol–water partition coefficient (Wildman–Crippen LogP) is 1.26. The molecule has 0 spiro atoms. The van der Waals surface area contributed by atoms with Crippen LogP contribution in [-0.4, -0.2) is 37.3 Å². The van der Waals surface area contributed by atoms with E-state index < -0.39 is 0 Å². The fourth-order valence-electron chi connectivity index (χ4n) is 2.61. The monoisotopic (exact) mass is 273 g/mol. The van der Waals surface area contributed by atoms with E-state index in [0.29, 0.717) is 23.9 Å². The largest absolute Gasteiger partial charge is 0.368 e. The average Bonchev–Trinajstić information content (AvgIpc) is 2.95. The molecule has 2 N–H and O–H groups in total. The van der Waals surface area contributed by atoms with Gasteiger partial charge in [0.15, 0.2) is 0 Å². The zero-order valence-corrected chi connectivity index (χ0v) is 11.8. The van der Waals surface area contributed by atoms with Crippen LogP contribution in [0.15, 0.2) is 18.5 Å². The highest BCUT2D eigenvalue weighted by molar-refractivity contribution is 5.39. The first-order valence-electron chi connectivity index (χ1n) is 6.93. The molecule has 20 heavy (non-hydrogen) atoms. The fourth-order valence-corrected chi connectivity index (χ4v) is 2.61. The Morgan fingerprint density at radius 3 is 2.75 bits per heavy atom. The van der Waals surface area contributed by atoms with Gasteiger partial charge in [-0.2, -0.15) is 20.1 Å². The van der Waals surface area contributed by atoms with Gasteiger partial charge < -0.3 is 10.6 Å². The molecule has 3 heterocycles. The van der Waals surface area contributed by atoms with E-state index >= 15 is 0 Å². The normalized spacial score (nSPS) is 23.0. The van der Waals surface area contributed by atoms with E-state index in [2.05, 4.69) is 38.8 Å². The second kappa shape index (κ2) is 5.07. The van der Waals surface area contributed by atoms with Crippen molar-refractivity contribution < 1.29 is 0 Å². The maximum absolute atomic E-state index is 5.82. The average molecular weight is 273 g/mol. The maximum atomic E-state index is 5.82. The Hall–Kier alpha value is -2.18. The van der Waals surface area contributed by atoms with E-state index in [1.165, 1.54) is 6.42 Å². The molecule has 7 heteroatoms. The van der Waals surface area contributed by atoms with Gasteiger partial charge in [0.25, 0.3) is 5.95 Å². The van der Waals surface area contributed by atoms with Gasteiger partial charge in [0.2, 0.25) is 11.9 Å². The number of rotatable bonds is 2. The molecule has 2 atom stereocenters. The molecule has 2 aromatic rings. The number of aromatic nitrogens is 5. The third-order valence-electron chi connectivity index (χ3n) is 3.97. The van der Waals surface area contributed by atoms with Crippen LogP contribution < -0.4 is 10.6 Å². The van der Waals surface area contributed by atoms with Gasteiger partial charge in [-0.15, -0.1) is 0 Å². The lowest BCUT2D eigenvalue weighted by atomic mass is 9.92. The van der Waals surface area contributed by atoms with Crippen LogP contribution >= 0.6 is 0 Å². The number of hydrogen-bond acceptors (Lipinski definition) is 6. The van der Waals surface area contributed by atoms with Gasteiger partial charge in [-0.25, -0.2) is 4.68 Å². The quantitative estimate of drug-likeness (QED) is 0.886. The summed E-state index contributed by atoms with van der Waals surface area (Å²) in [6.45, 7) is 5.42. The minimum atomic E-state index is 0.228. The zero-order chi connectivity index (χ0) is 14.1. The number of nitrogens with zero attached hydrogens (tertiary/aromatic N) is 6. The maximum Gasteiger partial charge on any atom is 0.257 e. The van der Waals surface area contributed by atoms with E-state index in [-0.39, 0.29) is 5.95 Å². The first kappa shape index (κ1) is 12.8. The van der Waals surface area contributed by atoms with Gasteiger partial charge in [0.05, 0.1) is 0 Å². The molecule has 0 saturated carbocycles. The van der Waals surface area contributed by atoms with Crippen molar-refractivity contribution in [2.45, 2.75) is 32.7 Å². The Balaban J connectivity index is 1.97. The highest BCUT2D eigenvalue weighted by Crippen LogP contribution is 2.26. The SMILES string of the molecule is CC1CCCN(c2nc(N)nc(-n3cccn3)n2)C1C.